The van der Waals surface area contributed by atoms with Crippen LogP contribution in [0.5, 0.6) is 0 Å². The van der Waals surface area contributed by atoms with Crippen LogP contribution in [0.2, 0.25) is 0 Å². The van der Waals surface area contributed by atoms with Gasteiger partial charge < -0.3 is 10.6 Å². The number of carbonyl (C=O) groups excluding carboxylic acids is 1. The second-order valence-corrected chi connectivity index (χ2v) is 9.47. The molecule has 0 radical (unpaired) electrons. The van der Waals surface area contributed by atoms with E-state index in [-0.39, 0.29) is 11.7 Å². The molecule has 2 fully saturated rings. The largest absolute Gasteiger partial charge is 0.399 e. The van der Waals surface area contributed by atoms with Crippen molar-refractivity contribution in [2.45, 2.75) is 38.5 Å². The summed E-state index contributed by atoms with van der Waals surface area (Å²) in [4.78, 5) is 14.4. The Kier molecular flexibility index (Phi) is 6.19. The highest BCUT2D eigenvalue weighted by Gasteiger charge is 2.30. The van der Waals surface area contributed by atoms with E-state index in [1.54, 1.807) is 33.5 Å². The fourth-order valence-electron chi connectivity index (χ4n) is 3.99. The van der Waals surface area contributed by atoms with Gasteiger partial charge in [-0.2, -0.15) is 0 Å². The second-order valence-electron chi connectivity index (χ2n) is 7.45. The average molecular weight is 380 g/mol. The molecule has 26 heavy (non-hydrogen) atoms. The Morgan fingerprint density at radius 3 is 2.54 bits per heavy atom. The minimum Gasteiger partial charge on any atom is -0.399 e. The highest BCUT2D eigenvalue weighted by atomic mass is 32.2. The van der Waals surface area contributed by atoms with Crippen molar-refractivity contribution in [3.63, 3.8) is 0 Å². The first-order valence-electron chi connectivity index (χ1n) is 9.58. The van der Waals surface area contributed by atoms with Crippen LogP contribution in [0.4, 0.5) is 5.69 Å². The molecular formula is C19H29N3O3S. The van der Waals surface area contributed by atoms with Gasteiger partial charge in [-0.25, -0.2) is 12.7 Å². The van der Waals surface area contributed by atoms with Gasteiger partial charge >= 0.3 is 0 Å². The number of carbonyl (C=O) groups is 1. The number of nitrogen functional groups attached to an aromatic ring is 1. The standard InChI is InChI=1S/C19H29N3O3S/c20-18-9-4-8-17(14-18)19(23)21-10-5-11-22(13-12-21)26(24,25)15-16-6-2-1-3-7-16/h4,8-9,14,16H,1-3,5-7,10-13,15,20H2. The molecule has 1 aliphatic heterocycles. The van der Waals surface area contributed by atoms with Crippen LogP contribution in [0, 0.1) is 5.92 Å². The number of rotatable bonds is 4. The summed E-state index contributed by atoms with van der Waals surface area (Å²) in [6.45, 7) is 1.87. The molecule has 1 saturated heterocycles. The van der Waals surface area contributed by atoms with Crippen LogP contribution in [-0.4, -0.2) is 55.5 Å². The van der Waals surface area contributed by atoms with Gasteiger partial charge in [0.05, 0.1) is 5.75 Å². The molecule has 1 aromatic carbocycles. The lowest BCUT2D eigenvalue weighted by molar-refractivity contribution is 0.0764. The predicted octanol–water partition coefficient (Wildman–Crippen LogP) is 2.33. The maximum Gasteiger partial charge on any atom is 0.253 e. The van der Waals surface area contributed by atoms with E-state index in [1.165, 1.54) is 6.42 Å². The van der Waals surface area contributed by atoms with E-state index in [9.17, 15) is 13.2 Å². The van der Waals surface area contributed by atoms with Gasteiger partial charge in [-0.15, -0.1) is 0 Å². The van der Waals surface area contributed by atoms with Crippen molar-refractivity contribution in [2.24, 2.45) is 5.92 Å². The summed E-state index contributed by atoms with van der Waals surface area (Å²) in [5, 5.41) is 0. The maximum absolute atomic E-state index is 12.8. The van der Waals surface area contributed by atoms with E-state index in [2.05, 4.69) is 0 Å². The van der Waals surface area contributed by atoms with Gasteiger partial charge in [0, 0.05) is 37.4 Å². The third kappa shape index (κ3) is 4.76. The normalized spacial score (nSPS) is 20.7. The lowest BCUT2D eigenvalue weighted by atomic mass is 9.91. The van der Waals surface area contributed by atoms with E-state index in [1.807, 2.05) is 0 Å². The quantitative estimate of drug-likeness (QED) is 0.814. The van der Waals surface area contributed by atoms with Crippen LogP contribution >= 0.6 is 0 Å². The number of anilines is 1. The molecule has 0 spiro atoms. The van der Waals surface area contributed by atoms with Crippen LogP contribution in [0.3, 0.4) is 0 Å². The molecule has 1 aromatic rings. The van der Waals surface area contributed by atoms with Crippen molar-refractivity contribution in [1.29, 1.82) is 0 Å². The molecule has 144 valence electrons. The summed E-state index contributed by atoms with van der Waals surface area (Å²) in [7, 11) is -3.25. The lowest BCUT2D eigenvalue weighted by Gasteiger charge is -2.26. The van der Waals surface area contributed by atoms with Crippen LogP contribution in [-0.2, 0) is 10.0 Å². The zero-order valence-electron chi connectivity index (χ0n) is 15.3. The third-order valence-electron chi connectivity index (χ3n) is 5.44. The van der Waals surface area contributed by atoms with E-state index in [0.29, 0.717) is 49.8 Å². The monoisotopic (exact) mass is 379 g/mol. The Hall–Kier alpha value is -1.60. The fraction of sp³-hybridized carbons (Fsp3) is 0.632. The zero-order chi connectivity index (χ0) is 18.6. The number of sulfonamides is 1. The molecular weight excluding hydrogens is 350 g/mol. The van der Waals surface area contributed by atoms with Crippen LogP contribution in [0.15, 0.2) is 24.3 Å². The molecule has 1 heterocycles. The van der Waals surface area contributed by atoms with Gasteiger partial charge in [-0.1, -0.05) is 25.3 Å². The summed E-state index contributed by atoms with van der Waals surface area (Å²) < 4.78 is 27.2. The minimum atomic E-state index is -3.25. The van der Waals surface area contributed by atoms with Crippen molar-refractivity contribution in [3.05, 3.63) is 29.8 Å². The van der Waals surface area contributed by atoms with Gasteiger partial charge in [0.15, 0.2) is 0 Å². The molecule has 2 N–H and O–H groups in total. The molecule has 2 aliphatic rings. The number of benzene rings is 1. The van der Waals surface area contributed by atoms with Crippen LogP contribution in [0.25, 0.3) is 0 Å². The van der Waals surface area contributed by atoms with Crippen LogP contribution in [0.1, 0.15) is 48.9 Å². The van der Waals surface area contributed by atoms with Crippen molar-refractivity contribution in [2.75, 3.05) is 37.7 Å². The Balaban J connectivity index is 1.61. The number of hydrogen-bond acceptors (Lipinski definition) is 4. The maximum atomic E-state index is 12.8. The first-order valence-corrected chi connectivity index (χ1v) is 11.2. The van der Waals surface area contributed by atoms with Gasteiger partial charge in [-0.05, 0) is 43.4 Å². The van der Waals surface area contributed by atoms with Crippen molar-refractivity contribution >= 4 is 21.6 Å². The average Bonchev–Trinajstić information content (AvgIpc) is 2.88. The summed E-state index contributed by atoms with van der Waals surface area (Å²) in [5.74, 6) is 0.474. The molecule has 0 atom stereocenters. The van der Waals surface area contributed by atoms with E-state index < -0.39 is 10.0 Å². The molecule has 1 saturated carbocycles. The first kappa shape index (κ1) is 19.2. The molecule has 6 nitrogen and oxygen atoms in total. The number of amides is 1. The smallest absolute Gasteiger partial charge is 0.253 e. The molecule has 1 aliphatic carbocycles. The van der Waals surface area contributed by atoms with Crippen LogP contribution < -0.4 is 5.73 Å². The first-order chi connectivity index (χ1) is 12.5. The van der Waals surface area contributed by atoms with Gasteiger partial charge in [0.1, 0.15) is 0 Å². The Morgan fingerprint density at radius 1 is 1.04 bits per heavy atom. The molecule has 0 bridgehead atoms. The third-order valence-corrected chi connectivity index (χ3v) is 7.48. The Labute approximate surface area is 156 Å². The summed E-state index contributed by atoms with van der Waals surface area (Å²) in [6, 6.07) is 6.94. The van der Waals surface area contributed by atoms with Crippen molar-refractivity contribution in [1.82, 2.24) is 9.21 Å². The number of hydrogen-bond donors (Lipinski definition) is 1. The number of nitrogens with two attached hydrogens (primary N) is 1. The fourth-order valence-corrected chi connectivity index (χ4v) is 5.89. The molecule has 0 aromatic heterocycles. The summed E-state index contributed by atoms with van der Waals surface area (Å²) in [6.07, 6.45) is 6.21. The van der Waals surface area contributed by atoms with E-state index >= 15 is 0 Å². The Bertz CT molecular complexity index is 729. The van der Waals surface area contributed by atoms with Crippen molar-refractivity contribution < 1.29 is 13.2 Å². The minimum absolute atomic E-state index is 0.0798. The number of nitrogens with zero attached hydrogens (tertiary/aromatic N) is 2. The topological polar surface area (TPSA) is 83.7 Å². The molecule has 7 heteroatoms. The summed E-state index contributed by atoms with van der Waals surface area (Å²) >= 11 is 0. The molecule has 3 rings (SSSR count). The molecule has 0 unspecified atom stereocenters. The molecule has 1 amide bonds. The van der Waals surface area contributed by atoms with Crippen molar-refractivity contribution in [3.8, 4) is 0 Å². The zero-order valence-corrected chi connectivity index (χ0v) is 16.1. The van der Waals surface area contributed by atoms with Gasteiger partial charge in [-0.3, -0.25) is 4.79 Å². The second kappa shape index (κ2) is 8.39. The lowest BCUT2D eigenvalue weighted by Crippen LogP contribution is -2.39. The summed E-state index contributed by atoms with van der Waals surface area (Å²) in [5.41, 5.74) is 6.88. The van der Waals surface area contributed by atoms with E-state index in [0.717, 1.165) is 25.7 Å². The highest BCUT2D eigenvalue weighted by molar-refractivity contribution is 7.89. The van der Waals surface area contributed by atoms with E-state index in [4.69, 9.17) is 5.73 Å². The Morgan fingerprint density at radius 2 is 1.81 bits per heavy atom. The van der Waals surface area contributed by atoms with Gasteiger partial charge in [0.25, 0.3) is 5.91 Å². The highest BCUT2D eigenvalue weighted by Crippen LogP contribution is 2.26. The predicted molar refractivity (Wildman–Crippen MR) is 103 cm³/mol. The van der Waals surface area contributed by atoms with Gasteiger partial charge in [0.2, 0.25) is 10.0 Å². The SMILES string of the molecule is Nc1cccc(C(=O)N2CCCN(S(=O)(=O)CC3CCCCC3)CC2)c1.